The van der Waals surface area contributed by atoms with Crippen molar-refractivity contribution in [3.05, 3.63) is 84.1 Å². The summed E-state index contributed by atoms with van der Waals surface area (Å²) >= 11 is 0. The Bertz CT molecular complexity index is 1230. The summed E-state index contributed by atoms with van der Waals surface area (Å²) in [4.78, 5) is 16.4. The van der Waals surface area contributed by atoms with Crippen molar-refractivity contribution in [1.29, 1.82) is 0 Å². The number of rotatable bonds is 8. The van der Waals surface area contributed by atoms with Gasteiger partial charge in [-0.1, -0.05) is 42.5 Å². The number of H-pyrrole nitrogens is 1. The van der Waals surface area contributed by atoms with Gasteiger partial charge < -0.3 is 24.9 Å². The molecule has 1 unspecified atom stereocenters. The van der Waals surface area contributed by atoms with Gasteiger partial charge in [-0.05, 0) is 47.4 Å². The molecule has 6 nitrogen and oxygen atoms in total. The Labute approximate surface area is 186 Å². The maximum Gasteiger partial charge on any atom is 0.252 e. The van der Waals surface area contributed by atoms with E-state index < -0.39 is 6.04 Å². The number of fused-ring (bicyclic) bond motifs is 1. The van der Waals surface area contributed by atoms with Gasteiger partial charge in [-0.15, -0.1) is 0 Å². The van der Waals surface area contributed by atoms with Gasteiger partial charge in [0.25, 0.3) is 5.91 Å². The molecule has 1 atom stereocenters. The van der Waals surface area contributed by atoms with Crippen molar-refractivity contribution in [2.45, 2.75) is 12.5 Å². The van der Waals surface area contributed by atoms with Gasteiger partial charge in [-0.3, -0.25) is 4.79 Å². The number of hydrogen-bond acceptors (Lipinski definition) is 4. The minimum Gasteiger partial charge on any atom is -0.493 e. The Morgan fingerprint density at radius 1 is 1.00 bits per heavy atom. The number of nitrogens with one attached hydrogen (secondary N) is 2. The number of carbonyl (C=O) groups is 1. The van der Waals surface area contributed by atoms with Crippen molar-refractivity contribution >= 4 is 16.8 Å². The topological polar surface area (TPSA) is 83.6 Å². The fourth-order valence-electron chi connectivity index (χ4n) is 3.93. The Morgan fingerprint density at radius 2 is 1.75 bits per heavy atom. The molecule has 0 spiro atoms. The van der Waals surface area contributed by atoms with Crippen LogP contribution in [-0.4, -0.2) is 42.9 Å². The molecular weight excluding hydrogens is 404 g/mol. The van der Waals surface area contributed by atoms with Gasteiger partial charge in [0, 0.05) is 22.7 Å². The molecule has 1 aromatic heterocycles. The monoisotopic (exact) mass is 430 g/mol. The van der Waals surface area contributed by atoms with Crippen molar-refractivity contribution in [3.63, 3.8) is 0 Å². The number of aromatic amines is 1. The first-order valence-corrected chi connectivity index (χ1v) is 10.4. The fraction of sp³-hybridized carbons (Fsp3) is 0.192. The molecule has 1 heterocycles. The van der Waals surface area contributed by atoms with E-state index in [0.29, 0.717) is 23.5 Å². The van der Waals surface area contributed by atoms with Crippen LogP contribution in [0.5, 0.6) is 11.5 Å². The lowest BCUT2D eigenvalue weighted by molar-refractivity contribution is 0.0917. The van der Waals surface area contributed by atoms with Crippen LogP contribution in [0.2, 0.25) is 0 Å². The number of hydrogen-bond donors (Lipinski definition) is 3. The summed E-state index contributed by atoms with van der Waals surface area (Å²) in [6, 6.07) is 20.5. The minimum absolute atomic E-state index is 0.163. The predicted molar refractivity (Wildman–Crippen MR) is 125 cm³/mol. The zero-order chi connectivity index (χ0) is 22.5. The number of para-hydroxylation sites is 1. The van der Waals surface area contributed by atoms with Gasteiger partial charge in [0.15, 0.2) is 11.5 Å². The Morgan fingerprint density at radius 3 is 2.53 bits per heavy atom. The summed E-state index contributed by atoms with van der Waals surface area (Å²) in [5, 5.41) is 14.0. The third kappa shape index (κ3) is 4.31. The fourth-order valence-corrected chi connectivity index (χ4v) is 3.93. The first-order chi connectivity index (χ1) is 15.6. The largest absolute Gasteiger partial charge is 0.493 e. The second-order valence-electron chi connectivity index (χ2n) is 7.53. The predicted octanol–water partition coefficient (Wildman–Crippen LogP) is 4.19. The molecule has 4 rings (SSSR count). The average Bonchev–Trinajstić information content (AvgIpc) is 3.25. The van der Waals surface area contributed by atoms with E-state index in [1.807, 2.05) is 66.9 Å². The van der Waals surface area contributed by atoms with E-state index in [9.17, 15) is 9.90 Å². The van der Waals surface area contributed by atoms with Gasteiger partial charge in [0.1, 0.15) is 0 Å². The third-order valence-electron chi connectivity index (χ3n) is 5.56. The number of methoxy groups -OCH3 is 2. The maximum atomic E-state index is 13.2. The zero-order valence-electron chi connectivity index (χ0n) is 18.1. The van der Waals surface area contributed by atoms with Crippen LogP contribution in [0.1, 0.15) is 15.9 Å². The lowest BCUT2D eigenvalue weighted by Crippen LogP contribution is -2.39. The molecule has 0 saturated carbocycles. The van der Waals surface area contributed by atoms with E-state index >= 15 is 0 Å². The van der Waals surface area contributed by atoms with Gasteiger partial charge in [-0.25, -0.2) is 0 Å². The molecular formula is C26H26N2O4. The molecule has 3 N–H and O–H groups in total. The third-order valence-corrected chi connectivity index (χ3v) is 5.56. The van der Waals surface area contributed by atoms with Crippen LogP contribution < -0.4 is 14.8 Å². The highest BCUT2D eigenvalue weighted by Crippen LogP contribution is 2.33. The maximum absolute atomic E-state index is 13.2. The molecule has 0 aliphatic heterocycles. The van der Waals surface area contributed by atoms with Crippen LogP contribution in [0.25, 0.3) is 22.0 Å². The zero-order valence-corrected chi connectivity index (χ0v) is 18.1. The molecule has 0 radical (unpaired) electrons. The Hall–Kier alpha value is -3.77. The molecule has 0 bridgehead atoms. The standard InChI is InChI=1S/C26H26N2O4/c1-31-24-12-11-17(14-25(24)32-2)20-7-3-4-9-22(20)26(30)28-19(16-29)13-18-15-27-23-10-6-5-8-21(18)23/h3-12,14-15,19,27,29H,13,16H2,1-2H3,(H,28,30). The number of aliphatic hydroxyl groups is 1. The van der Waals surface area contributed by atoms with E-state index in [4.69, 9.17) is 9.47 Å². The lowest BCUT2D eigenvalue weighted by Gasteiger charge is -2.18. The average molecular weight is 431 g/mol. The first-order valence-electron chi connectivity index (χ1n) is 10.4. The second-order valence-corrected chi connectivity index (χ2v) is 7.53. The summed E-state index contributed by atoms with van der Waals surface area (Å²) < 4.78 is 10.7. The number of aliphatic hydroxyl groups excluding tert-OH is 1. The molecule has 0 saturated heterocycles. The molecule has 4 aromatic rings. The van der Waals surface area contributed by atoms with Crippen LogP contribution in [0.15, 0.2) is 72.9 Å². The number of amides is 1. The summed E-state index contributed by atoms with van der Waals surface area (Å²) in [6.45, 7) is -0.163. The first kappa shape index (κ1) is 21.5. The van der Waals surface area contributed by atoms with Crippen molar-refractivity contribution in [3.8, 4) is 22.6 Å². The molecule has 6 heteroatoms. The number of carbonyl (C=O) groups excluding carboxylic acids is 1. The van der Waals surface area contributed by atoms with E-state index in [0.717, 1.165) is 27.6 Å². The molecule has 32 heavy (non-hydrogen) atoms. The van der Waals surface area contributed by atoms with E-state index in [-0.39, 0.29) is 12.5 Å². The molecule has 0 aliphatic rings. The van der Waals surface area contributed by atoms with Crippen LogP contribution in [0.3, 0.4) is 0 Å². The molecule has 164 valence electrons. The summed E-state index contributed by atoms with van der Waals surface area (Å²) in [6.07, 6.45) is 2.45. The highest BCUT2D eigenvalue weighted by molar-refractivity contribution is 6.01. The Kier molecular flexibility index (Phi) is 6.42. The van der Waals surface area contributed by atoms with E-state index in [2.05, 4.69) is 10.3 Å². The molecule has 0 fully saturated rings. The normalized spacial score (nSPS) is 11.8. The van der Waals surface area contributed by atoms with E-state index in [1.54, 1.807) is 20.3 Å². The molecule has 1 amide bonds. The second kappa shape index (κ2) is 9.58. The number of benzene rings is 3. The van der Waals surface area contributed by atoms with Gasteiger partial charge in [-0.2, -0.15) is 0 Å². The number of aromatic nitrogens is 1. The minimum atomic E-state index is -0.417. The van der Waals surface area contributed by atoms with Crippen molar-refractivity contribution in [2.75, 3.05) is 20.8 Å². The van der Waals surface area contributed by atoms with Crippen LogP contribution in [-0.2, 0) is 6.42 Å². The lowest BCUT2D eigenvalue weighted by atomic mass is 9.98. The summed E-state index contributed by atoms with van der Waals surface area (Å²) in [5.41, 5.74) is 4.22. The highest BCUT2D eigenvalue weighted by atomic mass is 16.5. The summed E-state index contributed by atoms with van der Waals surface area (Å²) in [7, 11) is 3.17. The van der Waals surface area contributed by atoms with E-state index in [1.165, 1.54) is 0 Å². The van der Waals surface area contributed by atoms with Crippen molar-refractivity contribution in [2.24, 2.45) is 0 Å². The SMILES string of the molecule is COc1ccc(-c2ccccc2C(=O)NC(CO)Cc2c[nH]c3ccccc23)cc1OC. The van der Waals surface area contributed by atoms with Crippen LogP contribution in [0, 0.1) is 0 Å². The van der Waals surface area contributed by atoms with Gasteiger partial charge in [0.2, 0.25) is 0 Å². The number of ether oxygens (including phenoxy) is 2. The molecule has 0 aliphatic carbocycles. The van der Waals surface area contributed by atoms with Gasteiger partial charge >= 0.3 is 0 Å². The van der Waals surface area contributed by atoms with Crippen LogP contribution >= 0.6 is 0 Å². The Balaban J connectivity index is 1.58. The van der Waals surface area contributed by atoms with Crippen molar-refractivity contribution in [1.82, 2.24) is 10.3 Å². The van der Waals surface area contributed by atoms with Gasteiger partial charge in [0.05, 0.1) is 26.9 Å². The smallest absolute Gasteiger partial charge is 0.252 e. The molecule has 3 aromatic carbocycles. The highest BCUT2D eigenvalue weighted by Gasteiger charge is 2.19. The van der Waals surface area contributed by atoms with Crippen LogP contribution in [0.4, 0.5) is 0 Å². The quantitative estimate of drug-likeness (QED) is 0.392. The van der Waals surface area contributed by atoms with Crippen molar-refractivity contribution < 1.29 is 19.4 Å². The summed E-state index contributed by atoms with van der Waals surface area (Å²) in [5.74, 6) is 0.972.